The monoisotopic (exact) mass is 271 g/mol. The minimum absolute atomic E-state index is 0.711. The molecule has 16 heavy (non-hydrogen) atoms. The molecule has 0 spiro atoms. The van der Waals surface area contributed by atoms with Crippen molar-refractivity contribution in [3.05, 3.63) is 46.0 Å². The molecule has 0 aliphatic carbocycles. The Balaban J connectivity index is 2.85. The fourth-order valence-corrected chi connectivity index (χ4v) is 2.23. The highest BCUT2D eigenvalue weighted by Gasteiger charge is 2.01. The lowest BCUT2D eigenvalue weighted by Crippen LogP contribution is -2.10. The van der Waals surface area contributed by atoms with Crippen LogP contribution in [0.2, 0.25) is 5.02 Å². The minimum Gasteiger partial charge on any atom is -0.380 e. The fourth-order valence-electron chi connectivity index (χ4n) is 1.20. The summed E-state index contributed by atoms with van der Waals surface area (Å²) in [5.74, 6) is 0. The van der Waals surface area contributed by atoms with E-state index in [0.717, 1.165) is 22.0 Å². The van der Waals surface area contributed by atoms with E-state index in [9.17, 15) is 0 Å². The Morgan fingerprint density at radius 2 is 2.31 bits per heavy atom. The highest BCUT2D eigenvalue weighted by Crippen LogP contribution is 2.15. The summed E-state index contributed by atoms with van der Waals surface area (Å²) in [6.07, 6.45) is 3.99. The van der Waals surface area contributed by atoms with Crippen LogP contribution in [0.1, 0.15) is 12.5 Å². The molecule has 86 valence electrons. The fraction of sp³-hybridized carbons (Fsp3) is 0.250. The van der Waals surface area contributed by atoms with Crippen LogP contribution in [0.15, 0.2) is 35.4 Å². The maximum atomic E-state index is 5.92. The second-order valence-electron chi connectivity index (χ2n) is 3.12. The number of benzene rings is 1. The van der Waals surface area contributed by atoms with Crippen molar-refractivity contribution in [2.75, 3.05) is 12.8 Å². The highest BCUT2D eigenvalue weighted by molar-refractivity contribution is 8.02. The third-order valence-electron chi connectivity index (χ3n) is 1.94. The Morgan fingerprint density at radius 3 is 2.88 bits per heavy atom. The second-order valence-corrected chi connectivity index (χ2v) is 4.84. The van der Waals surface area contributed by atoms with Crippen LogP contribution in [0.4, 0.5) is 0 Å². The molecular formula is C12H14ClNS2. The quantitative estimate of drug-likeness (QED) is 0.496. The van der Waals surface area contributed by atoms with Gasteiger partial charge in [-0.25, -0.2) is 0 Å². The van der Waals surface area contributed by atoms with Gasteiger partial charge >= 0.3 is 0 Å². The van der Waals surface area contributed by atoms with E-state index in [0.29, 0.717) is 5.02 Å². The van der Waals surface area contributed by atoms with Crippen LogP contribution in [0.5, 0.6) is 0 Å². The molecule has 1 aromatic rings. The molecule has 0 atom stereocenters. The lowest BCUT2D eigenvalue weighted by molar-refractivity contribution is 0.906. The molecule has 0 saturated heterocycles. The largest absolute Gasteiger partial charge is 0.380 e. The molecule has 0 aliphatic rings. The zero-order chi connectivity index (χ0) is 12.0. The number of thioether (sulfide) groups is 1. The maximum absolute atomic E-state index is 5.92. The van der Waals surface area contributed by atoms with Crippen LogP contribution in [-0.2, 0) is 0 Å². The van der Waals surface area contributed by atoms with Crippen molar-refractivity contribution < 1.29 is 0 Å². The summed E-state index contributed by atoms with van der Waals surface area (Å²) in [6, 6.07) is 7.60. The molecule has 0 aliphatic heterocycles. The van der Waals surface area contributed by atoms with E-state index in [1.807, 2.05) is 36.6 Å². The van der Waals surface area contributed by atoms with Crippen LogP contribution in [-0.4, -0.2) is 17.7 Å². The molecule has 4 heteroatoms. The van der Waals surface area contributed by atoms with Gasteiger partial charge in [0, 0.05) is 16.4 Å². The molecule has 0 unspecified atom stereocenters. The number of hydrogen-bond acceptors (Lipinski definition) is 3. The summed E-state index contributed by atoms with van der Waals surface area (Å²) in [4.78, 5) is 0.799. The Morgan fingerprint density at radius 1 is 1.56 bits per heavy atom. The van der Waals surface area contributed by atoms with Crippen LogP contribution < -0.4 is 5.32 Å². The Labute approximate surface area is 111 Å². The van der Waals surface area contributed by atoms with Gasteiger partial charge in [-0.3, -0.25) is 0 Å². The van der Waals surface area contributed by atoms with E-state index in [4.69, 9.17) is 23.8 Å². The number of allylic oxidation sites excluding steroid dienone is 1. The van der Waals surface area contributed by atoms with E-state index < -0.39 is 0 Å². The number of halogens is 1. The van der Waals surface area contributed by atoms with Crippen LogP contribution in [0, 0.1) is 0 Å². The number of thiocarbonyl (C=S) groups is 1. The molecule has 0 fully saturated rings. The van der Waals surface area contributed by atoms with Crippen molar-refractivity contribution in [2.45, 2.75) is 6.92 Å². The molecule has 0 saturated carbocycles. The van der Waals surface area contributed by atoms with Gasteiger partial charge in [0.15, 0.2) is 0 Å². The van der Waals surface area contributed by atoms with Gasteiger partial charge in [-0.1, -0.05) is 36.0 Å². The van der Waals surface area contributed by atoms with Gasteiger partial charge in [-0.15, -0.1) is 11.8 Å². The molecule has 0 radical (unpaired) electrons. The zero-order valence-electron chi connectivity index (χ0n) is 9.29. The average molecular weight is 272 g/mol. The lowest BCUT2D eigenvalue weighted by Gasteiger charge is -2.06. The van der Waals surface area contributed by atoms with Gasteiger partial charge in [0.1, 0.15) is 0 Å². The lowest BCUT2D eigenvalue weighted by atomic mass is 10.1. The molecule has 0 amide bonds. The number of hydrogen-bond donors (Lipinski definition) is 1. The third kappa shape index (κ3) is 4.16. The third-order valence-corrected chi connectivity index (χ3v) is 3.23. The summed E-state index contributed by atoms with van der Waals surface area (Å²) in [6.45, 7) is 2.96. The van der Waals surface area contributed by atoms with E-state index in [2.05, 4.69) is 12.2 Å². The van der Waals surface area contributed by atoms with Crippen LogP contribution >= 0.6 is 35.6 Å². The van der Waals surface area contributed by atoms with Crippen molar-refractivity contribution in [3.63, 3.8) is 0 Å². The Hall–Kier alpha value is -0.510. The van der Waals surface area contributed by atoms with Gasteiger partial charge in [0.05, 0.1) is 5.03 Å². The highest BCUT2D eigenvalue weighted by atomic mass is 35.5. The van der Waals surface area contributed by atoms with Gasteiger partial charge in [0.2, 0.25) is 0 Å². The molecule has 1 aromatic carbocycles. The van der Waals surface area contributed by atoms with Crippen molar-refractivity contribution in [2.24, 2.45) is 0 Å². The molecule has 1 rings (SSSR count). The predicted molar refractivity (Wildman–Crippen MR) is 78.4 cm³/mol. The summed E-state index contributed by atoms with van der Waals surface area (Å²) < 4.78 is 0. The van der Waals surface area contributed by atoms with Crippen molar-refractivity contribution in [1.29, 1.82) is 0 Å². The summed E-state index contributed by atoms with van der Waals surface area (Å²) in [5, 5.41) is 5.04. The van der Waals surface area contributed by atoms with E-state index in [1.54, 1.807) is 11.8 Å². The standard InChI is InChI=1S/C12H14ClNS2/c1-3-14-12(16-2)8-11(15)9-5-4-6-10(13)7-9/h4-8,14H,3H2,1-2H3/b12-8+. The van der Waals surface area contributed by atoms with Crippen LogP contribution in [0.3, 0.4) is 0 Å². The van der Waals surface area contributed by atoms with Crippen LogP contribution in [0.25, 0.3) is 0 Å². The second kappa shape index (κ2) is 6.94. The first-order valence-corrected chi connectivity index (χ1v) is 6.98. The molecule has 0 heterocycles. The molecular weight excluding hydrogens is 258 g/mol. The zero-order valence-corrected chi connectivity index (χ0v) is 11.7. The first-order chi connectivity index (χ1) is 7.67. The SMILES string of the molecule is CCN/C(=C\C(=S)c1cccc(Cl)c1)SC. The summed E-state index contributed by atoms with van der Waals surface area (Å²) >= 11 is 12.9. The number of nitrogens with one attached hydrogen (secondary N) is 1. The minimum atomic E-state index is 0.711. The Bertz CT molecular complexity index is 402. The van der Waals surface area contributed by atoms with Crippen molar-refractivity contribution in [1.82, 2.24) is 5.32 Å². The molecule has 1 nitrogen and oxygen atoms in total. The van der Waals surface area contributed by atoms with E-state index in [1.165, 1.54) is 0 Å². The maximum Gasteiger partial charge on any atom is 0.0693 e. The first kappa shape index (κ1) is 13.6. The normalized spacial score (nSPS) is 11.3. The van der Waals surface area contributed by atoms with Gasteiger partial charge in [-0.2, -0.15) is 0 Å². The van der Waals surface area contributed by atoms with Gasteiger partial charge in [-0.05, 0) is 37.0 Å². The Kier molecular flexibility index (Phi) is 5.88. The van der Waals surface area contributed by atoms with Gasteiger partial charge in [0.25, 0.3) is 0 Å². The number of rotatable bonds is 5. The van der Waals surface area contributed by atoms with Crippen molar-refractivity contribution >= 4 is 40.4 Å². The topological polar surface area (TPSA) is 12.0 Å². The molecule has 1 N–H and O–H groups in total. The molecule has 0 aromatic heterocycles. The smallest absolute Gasteiger partial charge is 0.0693 e. The average Bonchev–Trinajstić information content (AvgIpc) is 2.28. The van der Waals surface area contributed by atoms with E-state index in [-0.39, 0.29) is 0 Å². The predicted octanol–water partition coefficient (Wildman–Crippen LogP) is 3.87. The summed E-state index contributed by atoms with van der Waals surface area (Å²) in [5.41, 5.74) is 0.979. The van der Waals surface area contributed by atoms with E-state index >= 15 is 0 Å². The molecule has 0 bridgehead atoms. The van der Waals surface area contributed by atoms with Gasteiger partial charge < -0.3 is 5.32 Å². The van der Waals surface area contributed by atoms with Crippen molar-refractivity contribution in [3.8, 4) is 0 Å². The first-order valence-electron chi connectivity index (χ1n) is 4.96. The summed E-state index contributed by atoms with van der Waals surface area (Å²) in [7, 11) is 0.